The molecule has 8 heteroatoms. The van der Waals surface area contributed by atoms with Gasteiger partial charge in [-0.25, -0.2) is 9.97 Å². The van der Waals surface area contributed by atoms with Gasteiger partial charge >= 0.3 is 6.18 Å². The van der Waals surface area contributed by atoms with Crippen LogP contribution in [-0.4, -0.2) is 29.6 Å². The summed E-state index contributed by atoms with van der Waals surface area (Å²) < 4.78 is 38.6. The van der Waals surface area contributed by atoms with Crippen molar-refractivity contribution < 1.29 is 13.2 Å². The second-order valence-corrected chi connectivity index (χ2v) is 4.53. The summed E-state index contributed by atoms with van der Waals surface area (Å²) in [5.74, 6) is -1.20. The SMILES string of the molecule is CCNc1cc(N(CC)CC(C)C#N)nc(C(F)(F)F)n1. The fourth-order valence-corrected chi connectivity index (χ4v) is 1.75. The number of nitrogens with one attached hydrogen (secondary N) is 1. The van der Waals surface area contributed by atoms with Crippen LogP contribution in [0.5, 0.6) is 0 Å². The third-order valence-electron chi connectivity index (χ3n) is 2.74. The Morgan fingerprint density at radius 3 is 2.52 bits per heavy atom. The lowest BCUT2D eigenvalue weighted by Gasteiger charge is -2.24. The van der Waals surface area contributed by atoms with Crippen LogP contribution in [0, 0.1) is 17.2 Å². The molecular weight excluding hydrogens is 283 g/mol. The highest BCUT2D eigenvalue weighted by Gasteiger charge is 2.35. The first kappa shape index (κ1) is 17.0. The molecule has 1 N–H and O–H groups in total. The lowest BCUT2D eigenvalue weighted by molar-refractivity contribution is -0.144. The molecule has 1 aromatic heterocycles. The lowest BCUT2D eigenvalue weighted by Crippen LogP contribution is -2.29. The summed E-state index contributed by atoms with van der Waals surface area (Å²) in [5, 5.41) is 11.6. The molecular formula is C13H18F3N5. The Labute approximate surface area is 121 Å². The van der Waals surface area contributed by atoms with Crippen LogP contribution < -0.4 is 10.2 Å². The minimum absolute atomic E-state index is 0.123. The Morgan fingerprint density at radius 1 is 1.38 bits per heavy atom. The first-order valence-corrected chi connectivity index (χ1v) is 6.66. The number of hydrogen-bond donors (Lipinski definition) is 1. The van der Waals surface area contributed by atoms with Crippen LogP contribution in [0.25, 0.3) is 0 Å². The van der Waals surface area contributed by atoms with Gasteiger partial charge in [0, 0.05) is 25.7 Å². The van der Waals surface area contributed by atoms with Crippen molar-refractivity contribution in [2.75, 3.05) is 29.9 Å². The Hall–Kier alpha value is -2.04. The molecule has 0 aliphatic heterocycles. The smallest absolute Gasteiger partial charge is 0.370 e. The molecule has 0 bridgehead atoms. The molecule has 1 atom stereocenters. The topological polar surface area (TPSA) is 64.8 Å². The molecule has 21 heavy (non-hydrogen) atoms. The first-order chi connectivity index (χ1) is 9.81. The molecule has 0 aliphatic carbocycles. The highest BCUT2D eigenvalue weighted by Crippen LogP contribution is 2.29. The van der Waals surface area contributed by atoms with Gasteiger partial charge < -0.3 is 10.2 Å². The number of alkyl halides is 3. The van der Waals surface area contributed by atoms with Crippen molar-refractivity contribution in [3.63, 3.8) is 0 Å². The molecule has 0 amide bonds. The fourth-order valence-electron chi connectivity index (χ4n) is 1.75. The summed E-state index contributed by atoms with van der Waals surface area (Å²) in [4.78, 5) is 8.69. The summed E-state index contributed by atoms with van der Waals surface area (Å²) >= 11 is 0. The van der Waals surface area contributed by atoms with Gasteiger partial charge in [0.1, 0.15) is 11.6 Å². The third kappa shape index (κ3) is 4.77. The van der Waals surface area contributed by atoms with Crippen molar-refractivity contribution >= 4 is 11.6 Å². The zero-order valence-corrected chi connectivity index (χ0v) is 12.2. The summed E-state index contributed by atoms with van der Waals surface area (Å²) in [6, 6.07) is 3.53. The monoisotopic (exact) mass is 301 g/mol. The van der Waals surface area contributed by atoms with Crippen molar-refractivity contribution in [1.29, 1.82) is 5.26 Å². The molecule has 1 aromatic rings. The average molecular weight is 301 g/mol. The van der Waals surface area contributed by atoms with Crippen LogP contribution in [0.1, 0.15) is 26.6 Å². The molecule has 0 saturated heterocycles. The number of anilines is 2. The van der Waals surface area contributed by atoms with Crippen molar-refractivity contribution in [2.45, 2.75) is 26.9 Å². The molecule has 0 spiro atoms. The first-order valence-electron chi connectivity index (χ1n) is 6.66. The van der Waals surface area contributed by atoms with Gasteiger partial charge in [-0.15, -0.1) is 0 Å². The van der Waals surface area contributed by atoms with E-state index in [9.17, 15) is 13.2 Å². The number of hydrogen-bond acceptors (Lipinski definition) is 5. The summed E-state index contributed by atoms with van der Waals surface area (Å²) in [5.41, 5.74) is 0. The molecule has 1 heterocycles. The number of nitriles is 1. The quantitative estimate of drug-likeness (QED) is 0.875. The van der Waals surface area contributed by atoms with Gasteiger partial charge in [-0.05, 0) is 20.8 Å². The van der Waals surface area contributed by atoms with E-state index >= 15 is 0 Å². The average Bonchev–Trinajstić information content (AvgIpc) is 2.43. The van der Waals surface area contributed by atoms with Gasteiger partial charge in [-0.1, -0.05) is 0 Å². The van der Waals surface area contributed by atoms with E-state index in [1.165, 1.54) is 6.07 Å². The maximum atomic E-state index is 12.9. The van der Waals surface area contributed by atoms with E-state index in [1.54, 1.807) is 25.7 Å². The number of nitrogens with zero attached hydrogens (tertiary/aromatic N) is 4. The van der Waals surface area contributed by atoms with E-state index < -0.39 is 12.0 Å². The number of rotatable bonds is 6. The van der Waals surface area contributed by atoms with E-state index in [4.69, 9.17) is 5.26 Å². The van der Waals surface area contributed by atoms with Crippen molar-refractivity contribution in [3.8, 4) is 6.07 Å². The lowest BCUT2D eigenvalue weighted by atomic mass is 10.2. The zero-order valence-electron chi connectivity index (χ0n) is 12.2. The maximum absolute atomic E-state index is 12.9. The largest absolute Gasteiger partial charge is 0.451 e. The van der Waals surface area contributed by atoms with E-state index in [0.717, 1.165) is 0 Å². The van der Waals surface area contributed by atoms with E-state index in [2.05, 4.69) is 21.4 Å². The Morgan fingerprint density at radius 2 is 2.05 bits per heavy atom. The van der Waals surface area contributed by atoms with Gasteiger partial charge in [0.05, 0.1) is 12.0 Å². The normalized spacial score (nSPS) is 12.6. The Kier molecular flexibility index (Phi) is 5.76. The van der Waals surface area contributed by atoms with Crippen LogP contribution in [0.2, 0.25) is 0 Å². The molecule has 0 aromatic carbocycles. The van der Waals surface area contributed by atoms with Crippen LogP contribution in [0.3, 0.4) is 0 Å². The second kappa shape index (κ2) is 7.11. The van der Waals surface area contributed by atoms with Gasteiger partial charge in [-0.3, -0.25) is 0 Å². The van der Waals surface area contributed by atoms with Gasteiger partial charge in [0.25, 0.3) is 0 Å². The highest BCUT2D eigenvalue weighted by molar-refractivity contribution is 5.49. The molecule has 116 valence electrons. The Bertz CT molecular complexity index is 510. The summed E-state index contributed by atoms with van der Waals surface area (Å²) in [6.07, 6.45) is -4.61. The standard InChI is InChI=1S/C13H18F3N5/c1-4-18-10-6-11(20-12(19-10)13(14,15)16)21(5-2)8-9(3)7-17/h6,9H,4-5,8H2,1-3H3,(H,18,19,20). The van der Waals surface area contributed by atoms with Crippen LogP contribution in [0.15, 0.2) is 6.07 Å². The molecule has 1 unspecified atom stereocenters. The van der Waals surface area contributed by atoms with E-state index in [0.29, 0.717) is 19.6 Å². The van der Waals surface area contributed by atoms with Crippen LogP contribution >= 0.6 is 0 Å². The minimum Gasteiger partial charge on any atom is -0.370 e. The minimum atomic E-state index is -4.61. The molecule has 0 fully saturated rings. The second-order valence-electron chi connectivity index (χ2n) is 4.53. The van der Waals surface area contributed by atoms with E-state index in [-0.39, 0.29) is 17.6 Å². The molecule has 5 nitrogen and oxygen atoms in total. The van der Waals surface area contributed by atoms with Crippen molar-refractivity contribution in [2.24, 2.45) is 5.92 Å². The van der Waals surface area contributed by atoms with Gasteiger partial charge in [0.15, 0.2) is 0 Å². The molecule has 1 rings (SSSR count). The molecule has 0 radical (unpaired) electrons. The summed E-state index contributed by atoms with van der Waals surface area (Å²) in [7, 11) is 0. The number of aromatic nitrogens is 2. The maximum Gasteiger partial charge on any atom is 0.451 e. The van der Waals surface area contributed by atoms with Crippen molar-refractivity contribution in [1.82, 2.24) is 9.97 Å². The molecule has 0 aliphatic rings. The van der Waals surface area contributed by atoms with Gasteiger partial charge in [-0.2, -0.15) is 18.4 Å². The molecule has 0 saturated carbocycles. The van der Waals surface area contributed by atoms with E-state index in [1.807, 2.05) is 0 Å². The fraction of sp³-hybridized carbons (Fsp3) is 0.615. The Balaban J connectivity index is 3.20. The number of halogens is 3. The summed E-state index contributed by atoms with van der Waals surface area (Å²) in [6.45, 7) is 6.49. The predicted octanol–water partition coefficient (Wildman–Crippen LogP) is 2.91. The van der Waals surface area contributed by atoms with Crippen LogP contribution in [-0.2, 0) is 6.18 Å². The third-order valence-corrected chi connectivity index (χ3v) is 2.74. The van der Waals surface area contributed by atoms with Crippen LogP contribution in [0.4, 0.5) is 24.8 Å². The van der Waals surface area contributed by atoms with Crippen molar-refractivity contribution in [3.05, 3.63) is 11.9 Å². The highest BCUT2D eigenvalue weighted by atomic mass is 19.4. The zero-order chi connectivity index (χ0) is 16.0. The predicted molar refractivity (Wildman–Crippen MR) is 73.9 cm³/mol. The van der Waals surface area contributed by atoms with Gasteiger partial charge in [0.2, 0.25) is 5.82 Å².